The summed E-state index contributed by atoms with van der Waals surface area (Å²) in [6, 6.07) is 9.39. The maximum Gasteiger partial charge on any atom is 0.267 e. The Bertz CT molecular complexity index is 716. The van der Waals surface area contributed by atoms with Crippen LogP contribution in [0.5, 0.6) is 0 Å². The van der Waals surface area contributed by atoms with Crippen molar-refractivity contribution < 1.29 is 13.2 Å². The lowest BCUT2D eigenvalue weighted by Crippen LogP contribution is -2.34. The van der Waals surface area contributed by atoms with Gasteiger partial charge in [0.15, 0.2) is 9.84 Å². The molecule has 2 N–H and O–H groups in total. The van der Waals surface area contributed by atoms with E-state index in [1.54, 1.807) is 6.07 Å². The number of H-pyrrole nitrogens is 1. The van der Waals surface area contributed by atoms with Gasteiger partial charge in [0.05, 0.1) is 11.0 Å². The maximum absolute atomic E-state index is 12.0. The van der Waals surface area contributed by atoms with Crippen molar-refractivity contribution in [2.75, 3.05) is 12.3 Å². The van der Waals surface area contributed by atoms with Gasteiger partial charge in [-0.15, -0.1) is 0 Å². The number of carbonyl (C=O) groups is 1. The van der Waals surface area contributed by atoms with Gasteiger partial charge in [-0.25, -0.2) is 8.42 Å². The Morgan fingerprint density at radius 1 is 1.35 bits per heavy atom. The van der Waals surface area contributed by atoms with E-state index in [2.05, 4.69) is 10.3 Å². The Morgan fingerprint density at radius 3 is 2.85 bits per heavy atom. The molecule has 1 aliphatic heterocycles. The van der Waals surface area contributed by atoms with E-state index in [1.807, 2.05) is 24.3 Å². The SMILES string of the molecule is O=C(NCC1CCCS1(=O)=O)c1cc2ccccc2[nH]1. The number of hydrogen-bond donors (Lipinski definition) is 2. The molecule has 1 aliphatic rings. The number of carbonyl (C=O) groups excluding carboxylic acids is 1. The van der Waals surface area contributed by atoms with E-state index in [0.717, 1.165) is 10.9 Å². The lowest BCUT2D eigenvalue weighted by Gasteiger charge is -2.09. The number of fused-ring (bicyclic) bond motifs is 1. The van der Waals surface area contributed by atoms with Gasteiger partial charge >= 0.3 is 0 Å². The molecule has 0 radical (unpaired) electrons. The number of benzene rings is 1. The Labute approximate surface area is 117 Å². The fourth-order valence-electron chi connectivity index (χ4n) is 2.58. The molecule has 0 bridgehead atoms. The predicted octanol–water partition coefficient (Wildman–Crippen LogP) is 1.47. The minimum Gasteiger partial charge on any atom is -0.351 e. The van der Waals surface area contributed by atoms with Gasteiger partial charge in [0.2, 0.25) is 0 Å². The molecule has 2 heterocycles. The van der Waals surface area contributed by atoms with Crippen molar-refractivity contribution in [2.45, 2.75) is 18.1 Å². The average Bonchev–Trinajstić information content (AvgIpc) is 2.98. The molecule has 3 rings (SSSR count). The second kappa shape index (κ2) is 4.94. The number of nitrogens with one attached hydrogen (secondary N) is 2. The van der Waals surface area contributed by atoms with Gasteiger partial charge in [0.25, 0.3) is 5.91 Å². The molecule has 1 amide bonds. The first kappa shape index (κ1) is 13.2. The van der Waals surface area contributed by atoms with Crippen molar-refractivity contribution in [3.05, 3.63) is 36.0 Å². The van der Waals surface area contributed by atoms with Crippen molar-refractivity contribution in [3.63, 3.8) is 0 Å². The van der Waals surface area contributed by atoms with E-state index in [1.165, 1.54) is 0 Å². The number of hydrogen-bond acceptors (Lipinski definition) is 3. The van der Waals surface area contributed by atoms with Gasteiger partial charge in [0, 0.05) is 17.4 Å². The van der Waals surface area contributed by atoms with Crippen LogP contribution >= 0.6 is 0 Å². The number of para-hydroxylation sites is 1. The zero-order valence-electron chi connectivity index (χ0n) is 10.9. The maximum atomic E-state index is 12.0. The molecule has 6 heteroatoms. The van der Waals surface area contributed by atoms with E-state index in [4.69, 9.17) is 0 Å². The largest absolute Gasteiger partial charge is 0.351 e. The number of aromatic nitrogens is 1. The molecule has 0 spiro atoms. The van der Waals surface area contributed by atoms with Gasteiger partial charge in [-0.3, -0.25) is 4.79 Å². The zero-order chi connectivity index (χ0) is 14.2. The fraction of sp³-hybridized carbons (Fsp3) is 0.357. The molecule has 1 atom stereocenters. The summed E-state index contributed by atoms with van der Waals surface area (Å²) in [5.74, 6) is -0.0248. The summed E-state index contributed by atoms with van der Waals surface area (Å²) in [6.45, 7) is 0.191. The standard InChI is InChI=1S/C14H16N2O3S/c17-14(15-9-11-5-3-7-20(11,18)19)13-8-10-4-1-2-6-12(10)16-13/h1-2,4,6,8,11,16H,3,5,7,9H2,(H,15,17). The number of rotatable bonds is 3. The van der Waals surface area contributed by atoms with Crippen molar-refractivity contribution in [1.82, 2.24) is 10.3 Å². The predicted molar refractivity (Wildman–Crippen MR) is 77.4 cm³/mol. The van der Waals surface area contributed by atoms with E-state index < -0.39 is 15.1 Å². The van der Waals surface area contributed by atoms with Gasteiger partial charge < -0.3 is 10.3 Å². The summed E-state index contributed by atoms with van der Waals surface area (Å²) in [7, 11) is -3.01. The summed E-state index contributed by atoms with van der Waals surface area (Å²) in [5, 5.41) is 3.24. The Balaban J connectivity index is 1.70. The van der Waals surface area contributed by atoms with Crippen LogP contribution in [-0.2, 0) is 9.84 Å². The molecular weight excluding hydrogens is 276 g/mol. The highest BCUT2D eigenvalue weighted by molar-refractivity contribution is 7.92. The normalized spacial score (nSPS) is 21.1. The van der Waals surface area contributed by atoms with Gasteiger partial charge in [-0.05, 0) is 25.0 Å². The number of aromatic amines is 1. The van der Waals surface area contributed by atoms with Gasteiger partial charge in [-0.2, -0.15) is 0 Å². The second-order valence-electron chi connectivity index (χ2n) is 5.11. The highest BCUT2D eigenvalue weighted by Gasteiger charge is 2.31. The van der Waals surface area contributed by atoms with Gasteiger partial charge in [-0.1, -0.05) is 18.2 Å². The van der Waals surface area contributed by atoms with Crippen LogP contribution in [0.3, 0.4) is 0 Å². The van der Waals surface area contributed by atoms with Crippen LogP contribution in [0.25, 0.3) is 10.9 Å². The molecule has 5 nitrogen and oxygen atoms in total. The first-order valence-electron chi connectivity index (χ1n) is 6.64. The number of sulfone groups is 1. The summed E-state index contributed by atoms with van der Waals surface area (Å²) in [4.78, 5) is 15.1. The monoisotopic (exact) mass is 292 g/mol. The third-order valence-corrected chi connectivity index (χ3v) is 6.00. The van der Waals surface area contributed by atoms with Crippen LogP contribution in [0.15, 0.2) is 30.3 Å². The van der Waals surface area contributed by atoms with E-state index >= 15 is 0 Å². The van der Waals surface area contributed by atoms with Crippen molar-refractivity contribution >= 4 is 26.6 Å². The van der Waals surface area contributed by atoms with Crippen LogP contribution in [-0.4, -0.2) is 36.9 Å². The average molecular weight is 292 g/mol. The van der Waals surface area contributed by atoms with E-state index in [0.29, 0.717) is 18.5 Å². The first-order valence-corrected chi connectivity index (χ1v) is 8.35. The van der Waals surface area contributed by atoms with E-state index in [-0.39, 0.29) is 18.2 Å². The van der Waals surface area contributed by atoms with Crippen molar-refractivity contribution in [1.29, 1.82) is 0 Å². The van der Waals surface area contributed by atoms with Gasteiger partial charge in [0.1, 0.15) is 5.69 Å². The van der Waals surface area contributed by atoms with Crippen molar-refractivity contribution in [3.8, 4) is 0 Å². The minimum absolute atomic E-state index is 0.191. The summed E-state index contributed by atoms with van der Waals surface area (Å²) in [5.41, 5.74) is 1.35. The van der Waals surface area contributed by atoms with Crippen LogP contribution in [0.1, 0.15) is 23.3 Å². The highest BCUT2D eigenvalue weighted by Crippen LogP contribution is 2.19. The lowest BCUT2D eigenvalue weighted by molar-refractivity contribution is 0.0949. The van der Waals surface area contributed by atoms with E-state index in [9.17, 15) is 13.2 Å². The van der Waals surface area contributed by atoms with Crippen LogP contribution in [0.4, 0.5) is 0 Å². The molecular formula is C14H16N2O3S. The highest BCUT2D eigenvalue weighted by atomic mass is 32.2. The first-order chi connectivity index (χ1) is 9.56. The molecule has 20 heavy (non-hydrogen) atoms. The Hall–Kier alpha value is -1.82. The molecule has 0 aliphatic carbocycles. The van der Waals surface area contributed by atoms with Crippen LogP contribution in [0.2, 0.25) is 0 Å². The smallest absolute Gasteiger partial charge is 0.267 e. The number of amides is 1. The summed E-state index contributed by atoms with van der Waals surface area (Å²) < 4.78 is 23.4. The molecule has 0 saturated carbocycles. The van der Waals surface area contributed by atoms with Crippen LogP contribution in [0, 0.1) is 0 Å². The molecule has 1 unspecified atom stereocenters. The van der Waals surface area contributed by atoms with Crippen molar-refractivity contribution in [2.24, 2.45) is 0 Å². The molecule has 1 aromatic carbocycles. The Kier molecular flexibility index (Phi) is 3.25. The Morgan fingerprint density at radius 2 is 2.15 bits per heavy atom. The third kappa shape index (κ3) is 2.43. The third-order valence-electron chi connectivity index (χ3n) is 3.73. The fourth-order valence-corrected chi connectivity index (χ4v) is 4.35. The molecule has 1 fully saturated rings. The topological polar surface area (TPSA) is 79.0 Å². The quantitative estimate of drug-likeness (QED) is 0.899. The minimum atomic E-state index is -3.01. The lowest BCUT2D eigenvalue weighted by atomic mass is 10.2. The molecule has 1 saturated heterocycles. The summed E-state index contributed by atoms with van der Waals surface area (Å²) >= 11 is 0. The molecule has 1 aromatic heterocycles. The zero-order valence-corrected chi connectivity index (χ0v) is 11.7. The van der Waals surface area contributed by atoms with Crippen LogP contribution < -0.4 is 5.32 Å². The second-order valence-corrected chi connectivity index (χ2v) is 7.51. The molecule has 2 aromatic rings. The molecule has 106 valence electrons. The summed E-state index contributed by atoms with van der Waals surface area (Å²) in [6.07, 6.45) is 1.32.